The first kappa shape index (κ1) is 15.0. The summed E-state index contributed by atoms with van der Waals surface area (Å²) in [6.45, 7) is 0. The van der Waals surface area contributed by atoms with Crippen LogP contribution in [0.4, 0.5) is 5.69 Å². The van der Waals surface area contributed by atoms with Gasteiger partial charge >= 0.3 is 5.97 Å². The largest absolute Gasteiger partial charge is 0.478 e. The highest BCUT2D eigenvalue weighted by Crippen LogP contribution is 2.22. The molecule has 0 aromatic heterocycles. The maximum absolute atomic E-state index is 12.1. The Labute approximate surface area is 137 Å². The summed E-state index contributed by atoms with van der Waals surface area (Å²) in [5.74, 6) is -1.43. The van der Waals surface area contributed by atoms with E-state index in [4.69, 9.17) is 5.11 Å². The number of hydrogen-bond acceptors (Lipinski definition) is 2. The third-order valence-corrected chi connectivity index (χ3v) is 3.78. The number of aromatic carboxylic acids is 1. The van der Waals surface area contributed by atoms with Crippen LogP contribution in [0.15, 0.2) is 46.9 Å². The number of carboxylic acids is 1. The normalized spacial score (nSPS) is 10.1. The van der Waals surface area contributed by atoms with Gasteiger partial charge in [-0.25, -0.2) is 4.79 Å². The number of hydrogen-bond donors (Lipinski definition) is 2. The second-order valence-corrected chi connectivity index (χ2v) is 6.12. The Bertz CT molecular complexity index is 671. The van der Waals surface area contributed by atoms with Crippen molar-refractivity contribution in [3.8, 4) is 0 Å². The van der Waals surface area contributed by atoms with Crippen LogP contribution >= 0.6 is 38.5 Å². The minimum atomic E-state index is -1.09. The van der Waals surface area contributed by atoms with E-state index in [2.05, 4.69) is 43.8 Å². The van der Waals surface area contributed by atoms with Crippen LogP contribution in [0.5, 0.6) is 0 Å². The van der Waals surface area contributed by atoms with Crippen LogP contribution in [0.2, 0.25) is 0 Å². The molecular formula is C14H9BrINO3. The molecule has 0 radical (unpaired) electrons. The molecule has 0 bridgehead atoms. The summed E-state index contributed by atoms with van der Waals surface area (Å²) in [7, 11) is 0. The number of carbonyl (C=O) groups excluding carboxylic acids is 1. The molecule has 2 aromatic carbocycles. The summed E-state index contributed by atoms with van der Waals surface area (Å²) in [5, 5.41) is 11.7. The number of anilines is 1. The topological polar surface area (TPSA) is 66.4 Å². The zero-order chi connectivity index (χ0) is 14.7. The average Bonchev–Trinajstić information content (AvgIpc) is 2.39. The van der Waals surface area contributed by atoms with Crippen LogP contribution in [-0.2, 0) is 0 Å². The quantitative estimate of drug-likeness (QED) is 0.701. The number of carboxylic acid groups (broad SMARTS) is 1. The number of benzene rings is 2. The van der Waals surface area contributed by atoms with E-state index in [0.29, 0.717) is 10.0 Å². The molecule has 2 aromatic rings. The van der Waals surface area contributed by atoms with Crippen LogP contribution in [0.3, 0.4) is 0 Å². The van der Waals surface area contributed by atoms with Crippen LogP contribution in [0.25, 0.3) is 0 Å². The van der Waals surface area contributed by atoms with Gasteiger partial charge in [0.05, 0.1) is 11.3 Å². The summed E-state index contributed by atoms with van der Waals surface area (Å²) in [6, 6.07) is 11.6. The molecule has 0 atom stereocenters. The van der Waals surface area contributed by atoms with Gasteiger partial charge in [0, 0.05) is 13.6 Å². The standard InChI is InChI=1S/C14H9BrINO3/c15-9-3-6-11(14(19)20)12(7-9)17-13(18)8-1-4-10(16)5-2-8/h1-7H,(H,17,18)(H,19,20). The SMILES string of the molecule is O=C(Nc1cc(Br)ccc1C(=O)O)c1ccc(I)cc1. The smallest absolute Gasteiger partial charge is 0.337 e. The summed E-state index contributed by atoms with van der Waals surface area (Å²) in [5.41, 5.74) is 0.782. The summed E-state index contributed by atoms with van der Waals surface area (Å²) in [4.78, 5) is 23.2. The lowest BCUT2D eigenvalue weighted by atomic mass is 10.1. The first-order chi connectivity index (χ1) is 9.47. The molecule has 102 valence electrons. The van der Waals surface area contributed by atoms with Gasteiger partial charge in [-0.15, -0.1) is 0 Å². The summed E-state index contributed by atoms with van der Waals surface area (Å²) >= 11 is 5.40. The molecule has 0 aliphatic heterocycles. The van der Waals surface area contributed by atoms with Crippen LogP contribution < -0.4 is 5.32 Å². The van der Waals surface area contributed by atoms with Crippen molar-refractivity contribution in [2.45, 2.75) is 0 Å². The van der Waals surface area contributed by atoms with Crippen molar-refractivity contribution in [2.75, 3.05) is 5.32 Å². The number of rotatable bonds is 3. The van der Waals surface area contributed by atoms with E-state index >= 15 is 0 Å². The van der Waals surface area contributed by atoms with Crippen molar-refractivity contribution in [3.05, 3.63) is 61.6 Å². The van der Waals surface area contributed by atoms with E-state index in [9.17, 15) is 9.59 Å². The fourth-order valence-electron chi connectivity index (χ4n) is 1.60. The van der Waals surface area contributed by atoms with Gasteiger partial charge in [0.2, 0.25) is 0 Å². The summed E-state index contributed by atoms with van der Waals surface area (Å²) in [6.07, 6.45) is 0. The highest BCUT2D eigenvalue weighted by molar-refractivity contribution is 14.1. The molecule has 20 heavy (non-hydrogen) atoms. The molecule has 2 rings (SSSR count). The van der Waals surface area contributed by atoms with Gasteiger partial charge in [-0.3, -0.25) is 4.79 Å². The number of halogens is 2. The van der Waals surface area contributed by atoms with Crippen molar-refractivity contribution in [1.82, 2.24) is 0 Å². The molecule has 6 heteroatoms. The Balaban J connectivity index is 2.29. The van der Waals surface area contributed by atoms with Gasteiger partial charge < -0.3 is 10.4 Å². The third kappa shape index (κ3) is 3.57. The molecule has 0 saturated heterocycles. The van der Waals surface area contributed by atoms with Gasteiger partial charge in [-0.05, 0) is 65.1 Å². The Hall–Kier alpha value is -1.41. The van der Waals surface area contributed by atoms with E-state index in [0.717, 1.165) is 3.57 Å². The molecule has 0 heterocycles. The van der Waals surface area contributed by atoms with Crippen molar-refractivity contribution < 1.29 is 14.7 Å². The minimum Gasteiger partial charge on any atom is -0.478 e. The second-order valence-electron chi connectivity index (χ2n) is 3.96. The Kier molecular flexibility index (Phi) is 4.77. The van der Waals surface area contributed by atoms with Crippen molar-refractivity contribution in [2.24, 2.45) is 0 Å². The Morgan fingerprint density at radius 2 is 1.75 bits per heavy atom. The van der Waals surface area contributed by atoms with E-state index < -0.39 is 5.97 Å². The van der Waals surface area contributed by atoms with Crippen LogP contribution in [-0.4, -0.2) is 17.0 Å². The van der Waals surface area contributed by atoms with E-state index in [-0.39, 0.29) is 17.2 Å². The first-order valence-electron chi connectivity index (χ1n) is 5.57. The van der Waals surface area contributed by atoms with Crippen molar-refractivity contribution in [1.29, 1.82) is 0 Å². The number of nitrogens with one attached hydrogen (secondary N) is 1. The molecule has 2 N–H and O–H groups in total. The molecule has 1 amide bonds. The Morgan fingerprint density at radius 3 is 2.35 bits per heavy atom. The molecule has 0 fully saturated rings. The zero-order valence-electron chi connectivity index (χ0n) is 10.1. The van der Waals surface area contributed by atoms with E-state index in [1.165, 1.54) is 6.07 Å². The lowest BCUT2D eigenvalue weighted by Gasteiger charge is -2.09. The third-order valence-electron chi connectivity index (χ3n) is 2.57. The van der Waals surface area contributed by atoms with Crippen molar-refractivity contribution >= 4 is 56.1 Å². The summed E-state index contributed by atoms with van der Waals surface area (Å²) < 4.78 is 1.72. The van der Waals surface area contributed by atoms with E-state index in [1.807, 2.05) is 12.1 Å². The average molecular weight is 446 g/mol. The Morgan fingerprint density at radius 1 is 1.10 bits per heavy atom. The molecule has 0 unspecified atom stereocenters. The van der Waals surface area contributed by atoms with Crippen molar-refractivity contribution in [3.63, 3.8) is 0 Å². The molecule has 0 aliphatic rings. The highest BCUT2D eigenvalue weighted by atomic mass is 127. The van der Waals surface area contributed by atoms with Gasteiger partial charge in [0.25, 0.3) is 5.91 Å². The zero-order valence-corrected chi connectivity index (χ0v) is 13.8. The number of amides is 1. The van der Waals surface area contributed by atoms with Crippen LogP contribution in [0, 0.1) is 3.57 Å². The van der Waals surface area contributed by atoms with Crippen LogP contribution in [0.1, 0.15) is 20.7 Å². The second kappa shape index (κ2) is 6.36. The highest BCUT2D eigenvalue weighted by Gasteiger charge is 2.13. The monoisotopic (exact) mass is 445 g/mol. The minimum absolute atomic E-state index is 0.0482. The van der Waals surface area contributed by atoms with Gasteiger partial charge in [-0.2, -0.15) is 0 Å². The fraction of sp³-hybridized carbons (Fsp3) is 0. The predicted octanol–water partition coefficient (Wildman–Crippen LogP) is 4.00. The predicted molar refractivity (Wildman–Crippen MR) is 88.2 cm³/mol. The lowest BCUT2D eigenvalue weighted by Crippen LogP contribution is -2.14. The van der Waals surface area contributed by atoms with Gasteiger partial charge in [-0.1, -0.05) is 15.9 Å². The van der Waals surface area contributed by atoms with Gasteiger partial charge in [0.1, 0.15) is 0 Å². The maximum atomic E-state index is 12.1. The number of carbonyl (C=O) groups is 2. The van der Waals surface area contributed by atoms with Gasteiger partial charge in [0.15, 0.2) is 0 Å². The molecule has 0 aliphatic carbocycles. The molecule has 4 nitrogen and oxygen atoms in total. The molecule has 0 saturated carbocycles. The molecular weight excluding hydrogens is 437 g/mol. The maximum Gasteiger partial charge on any atom is 0.337 e. The van der Waals surface area contributed by atoms with E-state index in [1.54, 1.807) is 24.3 Å². The lowest BCUT2D eigenvalue weighted by molar-refractivity contribution is 0.0698. The molecule has 0 spiro atoms. The fourth-order valence-corrected chi connectivity index (χ4v) is 2.32. The first-order valence-corrected chi connectivity index (χ1v) is 7.44.